The van der Waals surface area contributed by atoms with Gasteiger partial charge in [-0.3, -0.25) is 4.68 Å². The van der Waals surface area contributed by atoms with Gasteiger partial charge in [-0.1, -0.05) is 30.6 Å². The Kier molecular flexibility index (Phi) is 6.27. The molecular weight excluding hydrogens is 244 g/mol. The largest absolute Gasteiger partial charge is 0.409 e. The van der Waals surface area contributed by atoms with Gasteiger partial charge in [-0.2, -0.15) is 0 Å². The van der Waals surface area contributed by atoms with E-state index in [-0.39, 0.29) is 5.41 Å². The molecule has 0 bridgehead atoms. The van der Waals surface area contributed by atoms with Crippen LogP contribution in [-0.4, -0.2) is 39.1 Å². The molecule has 7 heteroatoms. The molecule has 1 aromatic rings. The van der Waals surface area contributed by atoms with Gasteiger partial charge in [0.2, 0.25) is 0 Å². The first-order valence-electron chi connectivity index (χ1n) is 6.59. The van der Waals surface area contributed by atoms with Gasteiger partial charge in [0, 0.05) is 18.2 Å². The summed E-state index contributed by atoms with van der Waals surface area (Å²) in [6, 6.07) is 0. The van der Waals surface area contributed by atoms with Gasteiger partial charge in [-0.05, 0) is 19.4 Å². The Bertz CT molecular complexity index is 374. The van der Waals surface area contributed by atoms with Crippen LogP contribution in [0.3, 0.4) is 0 Å². The fourth-order valence-electron chi connectivity index (χ4n) is 1.75. The molecule has 0 aliphatic heterocycles. The lowest BCUT2D eigenvalue weighted by molar-refractivity contribution is 0.304. The molecule has 0 fully saturated rings. The van der Waals surface area contributed by atoms with E-state index >= 15 is 0 Å². The second kappa shape index (κ2) is 7.73. The lowest BCUT2D eigenvalue weighted by Gasteiger charge is -2.22. The molecule has 0 saturated heterocycles. The van der Waals surface area contributed by atoms with Crippen molar-refractivity contribution in [2.24, 2.45) is 16.3 Å². The highest BCUT2D eigenvalue weighted by Crippen LogP contribution is 2.22. The second-order valence-electron chi connectivity index (χ2n) is 5.24. The zero-order chi connectivity index (χ0) is 14.1. The monoisotopic (exact) mass is 268 g/mol. The van der Waals surface area contributed by atoms with Gasteiger partial charge in [0.25, 0.3) is 0 Å². The predicted molar refractivity (Wildman–Crippen MR) is 73.9 cm³/mol. The lowest BCUT2D eigenvalue weighted by atomic mass is 9.86. The van der Waals surface area contributed by atoms with E-state index in [0.29, 0.717) is 5.84 Å². The molecule has 0 aromatic carbocycles. The Morgan fingerprint density at radius 2 is 2.21 bits per heavy atom. The molecule has 1 aromatic heterocycles. The number of rotatable bonds is 9. The number of nitrogens with two attached hydrogens (primary N) is 1. The van der Waals surface area contributed by atoms with Crippen molar-refractivity contribution in [3.63, 3.8) is 0 Å². The van der Waals surface area contributed by atoms with E-state index in [9.17, 15) is 0 Å². The molecule has 7 nitrogen and oxygen atoms in total. The zero-order valence-corrected chi connectivity index (χ0v) is 11.7. The molecule has 19 heavy (non-hydrogen) atoms. The van der Waals surface area contributed by atoms with Gasteiger partial charge in [-0.15, -0.1) is 5.10 Å². The standard InChI is InChI=1S/C12H24N6O/c1-12(2,11(13)16-19)5-3-4-6-14-7-9-18-10-8-15-17-18/h8,10,14,19H,3-7,9H2,1-2H3,(H2,13,16). The summed E-state index contributed by atoms with van der Waals surface area (Å²) in [4.78, 5) is 0. The fourth-order valence-corrected chi connectivity index (χ4v) is 1.75. The maximum atomic E-state index is 8.67. The number of hydrogen-bond donors (Lipinski definition) is 3. The zero-order valence-electron chi connectivity index (χ0n) is 11.7. The molecule has 0 atom stereocenters. The SMILES string of the molecule is CC(C)(CCCCNCCn1ccnn1)/C(N)=N/O. The van der Waals surface area contributed by atoms with Crippen molar-refractivity contribution in [1.29, 1.82) is 0 Å². The van der Waals surface area contributed by atoms with E-state index in [4.69, 9.17) is 10.9 Å². The highest BCUT2D eigenvalue weighted by atomic mass is 16.4. The minimum Gasteiger partial charge on any atom is -0.409 e. The van der Waals surface area contributed by atoms with Crippen molar-refractivity contribution >= 4 is 5.84 Å². The van der Waals surface area contributed by atoms with E-state index in [1.807, 2.05) is 20.0 Å². The molecule has 0 spiro atoms. The van der Waals surface area contributed by atoms with Crippen LogP contribution in [0.15, 0.2) is 17.5 Å². The summed E-state index contributed by atoms with van der Waals surface area (Å²) in [6.07, 6.45) is 6.54. The maximum absolute atomic E-state index is 8.67. The lowest BCUT2D eigenvalue weighted by Crippen LogP contribution is -2.32. The van der Waals surface area contributed by atoms with E-state index in [0.717, 1.165) is 38.9 Å². The minimum atomic E-state index is -0.241. The van der Waals surface area contributed by atoms with Crippen molar-refractivity contribution < 1.29 is 5.21 Å². The molecule has 0 radical (unpaired) electrons. The van der Waals surface area contributed by atoms with Gasteiger partial charge in [0.1, 0.15) is 5.84 Å². The van der Waals surface area contributed by atoms with Crippen molar-refractivity contribution in [2.75, 3.05) is 13.1 Å². The number of hydrogen-bond acceptors (Lipinski definition) is 5. The summed E-state index contributed by atoms with van der Waals surface area (Å²) in [5.41, 5.74) is 5.40. The second-order valence-corrected chi connectivity index (χ2v) is 5.24. The third-order valence-corrected chi connectivity index (χ3v) is 3.20. The first-order chi connectivity index (χ1) is 9.06. The van der Waals surface area contributed by atoms with Gasteiger partial charge < -0.3 is 16.3 Å². The van der Waals surface area contributed by atoms with Crippen LogP contribution in [0.5, 0.6) is 0 Å². The molecule has 0 unspecified atom stereocenters. The summed E-state index contributed by atoms with van der Waals surface area (Å²) >= 11 is 0. The first kappa shape index (κ1) is 15.4. The van der Waals surface area contributed by atoms with Crippen LogP contribution in [-0.2, 0) is 6.54 Å². The summed E-state index contributed by atoms with van der Waals surface area (Å²) < 4.78 is 1.80. The highest BCUT2D eigenvalue weighted by molar-refractivity contribution is 5.85. The first-order valence-corrected chi connectivity index (χ1v) is 6.59. The number of amidine groups is 1. The van der Waals surface area contributed by atoms with Crippen molar-refractivity contribution in [2.45, 2.75) is 39.7 Å². The number of oxime groups is 1. The summed E-state index contributed by atoms with van der Waals surface area (Å²) in [5, 5.41) is 22.7. The van der Waals surface area contributed by atoms with Gasteiger partial charge in [0.15, 0.2) is 0 Å². The van der Waals surface area contributed by atoms with Gasteiger partial charge in [-0.25, -0.2) is 0 Å². The summed E-state index contributed by atoms with van der Waals surface area (Å²) in [6.45, 7) is 6.64. The smallest absolute Gasteiger partial charge is 0.144 e. The van der Waals surface area contributed by atoms with Gasteiger partial charge in [0.05, 0.1) is 12.7 Å². The third-order valence-electron chi connectivity index (χ3n) is 3.20. The molecule has 1 rings (SSSR count). The normalized spacial score (nSPS) is 12.8. The molecule has 0 saturated carbocycles. The van der Waals surface area contributed by atoms with E-state index in [1.165, 1.54) is 0 Å². The Balaban J connectivity index is 2.02. The van der Waals surface area contributed by atoms with E-state index in [2.05, 4.69) is 20.8 Å². The number of nitrogens with one attached hydrogen (secondary N) is 1. The van der Waals surface area contributed by atoms with Crippen LogP contribution >= 0.6 is 0 Å². The van der Waals surface area contributed by atoms with Crippen LogP contribution in [0.4, 0.5) is 0 Å². The molecule has 0 amide bonds. The van der Waals surface area contributed by atoms with Crippen LogP contribution in [0, 0.1) is 5.41 Å². The summed E-state index contributed by atoms with van der Waals surface area (Å²) in [5.74, 6) is 0.298. The average molecular weight is 268 g/mol. The molecule has 4 N–H and O–H groups in total. The Morgan fingerprint density at radius 1 is 1.42 bits per heavy atom. The number of nitrogens with zero attached hydrogens (tertiary/aromatic N) is 4. The Morgan fingerprint density at radius 3 is 2.84 bits per heavy atom. The molecule has 0 aliphatic rings. The fraction of sp³-hybridized carbons (Fsp3) is 0.750. The quantitative estimate of drug-likeness (QED) is 0.202. The van der Waals surface area contributed by atoms with E-state index < -0.39 is 0 Å². The molecule has 1 heterocycles. The topological polar surface area (TPSA) is 101 Å². The predicted octanol–water partition coefficient (Wildman–Crippen LogP) is 0.811. The van der Waals surface area contributed by atoms with Crippen LogP contribution in [0.25, 0.3) is 0 Å². The van der Waals surface area contributed by atoms with Crippen LogP contribution < -0.4 is 11.1 Å². The summed E-state index contributed by atoms with van der Waals surface area (Å²) in [7, 11) is 0. The van der Waals surface area contributed by atoms with Crippen molar-refractivity contribution in [1.82, 2.24) is 20.3 Å². The Hall–Kier alpha value is -1.63. The Labute approximate surface area is 113 Å². The van der Waals surface area contributed by atoms with Crippen LogP contribution in [0.1, 0.15) is 33.1 Å². The highest BCUT2D eigenvalue weighted by Gasteiger charge is 2.22. The van der Waals surface area contributed by atoms with Crippen molar-refractivity contribution in [3.05, 3.63) is 12.4 Å². The molecule has 108 valence electrons. The van der Waals surface area contributed by atoms with E-state index in [1.54, 1.807) is 10.9 Å². The number of unbranched alkanes of at least 4 members (excludes halogenated alkanes) is 1. The molecular formula is C12H24N6O. The maximum Gasteiger partial charge on any atom is 0.144 e. The minimum absolute atomic E-state index is 0.241. The van der Waals surface area contributed by atoms with Crippen molar-refractivity contribution in [3.8, 4) is 0 Å². The molecule has 0 aliphatic carbocycles. The van der Waals surface area contributed by atoms with Crippen LogP contribution in [0.2, 0.25) is 0 Å². The average Bonchev–Trinajstić information content (AvgIpc) is 2.89. The third kappa shape index (κ3) is 5.69. The van der Waals surface area contributed by atoms with Gasteiger partial charge >= 0.3 is 0 Å². The number of aromatic nitrogens is 3.